The lowest BCUT2D eigenvalue weighted by Gasteiger charge is -1.94. The van der Waals surface area contributed by atoms with Gasteiger partial charge in [-0.05, 0) is 6.07 Å². The Kier molecular flexibility index (Phi) is 2.50. The zero-order chi connectivity index (χ0) is 11.0. The van der Waals surface area contributed by atoms with E-state index in [9.17, 15) is 9.90 Å². The van der Waals surface area contributed by atoms with Gasteiger partial charge in [-0.2, -0.15) is 0 Å². The van der Waals surface area contributed by atoms with Crippen LogP contribution in [0.1, 0.15) is 9.67 Å². The standard InChI is InChI=1S/C9H6ClNO3S/c1-14-9(13)7-6(12)5-2-4(10)3-11-8(5)15-7/h2-3,12H,1H3. The molecule has 15 heavy (non-hydrogen) atoms. The van der Waals surface area contributed by atoms with Gasteiger partial charge in [-0.25, -0.2) is 9.78 Å². The molecule has 0 saturated heterocycles. The molecule has 0 aliphatic heterocycles. The van der Waals surface area contributed by atoms with Crippen LogP contribution < -0.4 is 0 Å². The summed E-state index contributed by atoms with van der Waals surface area (Å²) in [6, 6.07) is 1.56. The van der Waals surface area contributed by atoms with E-state index in [4.69, 9.17) is 11.6 Å². The molecule has 0 bridgehead atoms. The molecule has 0 radical (unpaired) electrons. The van der Waals surface area contributed by atoms with Crippen molar-refractivity contribution >= 4 is 39.1 Å². The molecular weight excluding hydrogens is 238 g/mol. The van der Waals surface area contributed by atoms with Gasteiger partial charge in [0.05, 0.1) is 17.5 Å². The molecular formula is C9H6ClNO3S. The number of halogens is 1. The number of pyridine rings is 1. The first-order chi connectivity index (χ1) is 7.13. The average molecular weight is 244 g/mol. The van der Waals surface area contributed by atoms with E-state index in [1.165, 1.54) is 13.3 Å². The second kappa shape index (κ2) is 3.67. The van der Waals surface area contributed by atoms with Crippen LogP contribution >= 0.6 is 22.9 Å². The molecule has 1 N–H and O–H groups in total. The van der Waals surface area contributed by atoms with Gasteiger partial charge in [0.25, 0.3) is 0 Å². The molecule has 6 heteroatoms. The van der Waals surface area contributed by atoms with Crippen molar-refractivity contribution in [1.29, 1.82) is 0 Å². The van der Waals surface area contributed by atoms with Crippen molar-refractivity contribution in [3.8, 4) is 5.75 Å². The van der Waals surface area contributed by atoms with Crippen molar-refractivity contribution in [1.82, 2.24) is 4.98 Å². The topological polar surface area (TPSA) is 59.4 Å². The number of hydrogen-bond acceptors (Lipinski definition) is 5. The highest BCUT2D eigenvalue weighted by Crippen LogP contribution is 2.36. The molecule has 0 fully saturated rings. The molecule has 2 aromatic heterocycles. The Morgan fingerprint density at radius 3 is 3.07 bits per heavy atom. The van der Waals surface area contributed by atoms with Gasteiger partial charge in [0.1, 0.15) is 4.83 Å². The highest BCUT2D eigenvalue weighted by Gasteiger charge is 2.19. The number of aromatic nitrogens is 1. The van der Waals surface area contributed by atoms with Crippen LogP contribution in [0, 0.1) is 0 Å². The maximum Gasteiger partial charge on any atom is 0.351 e. The summed E-state index contributed by atoms with van der Waals surface area (Å²) in [7, 11) is 1.26. The fourth-order valence-corrected chi connectivity index (χ4v) is 2.27. The zero-order valence-electron chi connectivity index (χ0n) is 7.65. The van der Waals surface area contributed by atoms with Crippen LogP contribution in [0.5, 0.6) is 5.75 Å². The van der Waals surface area contributed by atoms with Crippen molar-refractivity contribution in [2.24, 2.45) is 0 Å². The lowest BCUT2D eigenvalue weighted by atomic mass is 10.3. The third-order valence-corrected chi connectivity index (χ3v) is 3.15. The van der Waals surface area contributed by atoms with E-state index >= 15 is 0 Å². The lowest BCUT2D eigenvalue weighted by molar-refractivity contribution is 0.0603. The molecule has 0 unspecified atom stereocenters. The Balaban J connectivity index is 2.69. The summed E-state index contributed by atoms with van der Waals surface area (Å²) < 4.78 is 4.53. The number of methoxy groups -OCH3 is 1. The zero-order valence-corrected chi connectivity index (χ0v) is 9.22. The van der Waals surface area contributed by atoms with E-state index < -0.39 is 5.97 Å². The van der Waals surface area contributed by atoms with Crippen LogP contribution in [0.3, 0.4) is 0 Å². The van der Waals surface area contributed by atoms with Crippen LogP contribution in [0.2, 0.25) is 5.02 Å². The van der Waals surface area contributed by atoms with Gasteiger partial charge in [0, 0.05) is 6.20 Å². The van der Waals surface area contributed by atoms with Gasteiger partial charge in [0.15, 0.2) is 10.6 Å². The van der Waals surface area contributed by atoms with E-state index in [2.05, 4.69) is 9.72 Å². The molecule has 2 heterocycles. The number of nitrogens with zero attached hydrogens (tertiary/aromatic N) is 1. The second-order valence-electron chi connectivity index (χ2n) is 2.78. The van der Waals surface area contributed by atoms with Crippen LogP contribution in [-0.2, 0) is 4.74 Å². The monoisotopic (exact) mass is 243 g/mol. The third kappa shape index (κ3) is 1.64. The first-order valence-electron chi connectivity index (χ1n) is 3.99. The van der Waals surface area contributed by atoms with Gasteiger partial charge < -0.3 is 9.84 Å². The Morgan fingerprint density at radius 1 is 1.67 bits per heavy atom. The normalized spacial score (nSPS) is 10.5. The van der Waals surface area contributed by atoms with E-state index in [0.717, 1.165) is 11.3 Å². The molecule has 0 aliphatic carbocycles. The van der Waals surface area contributed by atoms with Crippen molar-refractivity contribution in [3.63, 3.8) is 0 Å². The summed E-state index contributed by atoms with van der Waals surface area (Å²) in [4.78, 5) is 15.9. The summed E-state index contributed by atoms with van der Waals surface area (Å²) in [5, 5.41) is 10.6. The fraction of sp³-hybridized carbons (Fsp3) is 0.111. The maximum atomic E-state index is 11.3. The van der Waals surface area contributed by atoms with Gasteiger partial charge >= 0.3 is 5.97 Å². The summed E-state index contributed by atoms with van der Waals surface area (Å²) in [6.07, 6.45) is 1.46. The Bertz CT molecular complexity index is 537. The maximum absolute atomic E-state index is 11.3. The van der Waals surface area contributed by atoms with Crippen LogP contribution in [0.25, 0.3) is 10.2 Å². The summed E-state index contributed by atoms with van der Waals surface area (Å²) in [6.45, 7) is 0. The van der Waals surface area contributed by atoms with E-state index in [1.807, 2.05) is 0 Å². The average Bonchev–Trinajstić information content (AvgIpc) is 2.55. The molecule has 2 aromatic rings. The van der Waals surface area contributed by atoms with Crippen molar-refractivity contribution < 1.29 is 14.6 Å². The summed E-state index contributed by atoms with van der Waals surface area (Å²) >= 11 is 6.80. The predicted octanol–water partition coefficient (Wildman–Crippen LogP) is 2.44. The SMILES string of the molecule is COC(=O)c1sc2ncc(Cl)cc2c1O. The molecule has 0 saturated carbocycles. The first kappa shape index (κ1) is 10.2. The Morgan fingerprint density at radius 2 is 2.40 bits per heavy atom. The predicted molar refractivity (Wildman–Crippen MR) is 57.6 cm³/mol. The Labute approximate surface area is 94.1 Å². The molecule has 0 aromatic carbocycles. The van der Waals surface area contributed by atoms with Crippen LogP contribution in [0.4, 0.5) is 0 Å². The number of hydrogen-bond donors (Lipinski definition) is 1. The Hall–Kier alpha value is -1.33. The summed E-state index contributed by atoms with van der Waals surface area (Å²) in [5.74, 6) is -0.705. The molecule has 4 nitrogen and oxygen atoms in total. The van der Waals surface area contributed by atoms with Gasteiger partial charge in [-0.15, -0.1) is 11.3 Å². The van der Waals surface area contributed by atoms with Crippen LogP contribution in [-0.4, -0.2) is 23.2 Å². The van der Waals surface area contributed by atoms with Crippen LogP contribution in [0.15, 0.2) is 12.3 Å². The van der Waals surface area contributed by atoms with Crippen molar-refractivity contribution in [2.75, 3.05) is 7.11 Å². The first-order valence-corrected chi connectivity index (χ1v) is 5.18. The van der Waals surface area contributed by atoms with Gasteiger partial charge in [-0.3, -0.25) is 0 Å². The highest BCUT2D eigenvalue weighted by atomic mass is 35.5. The van der Waals surface area contributed by atoms with E-state index in [0.29, 0.717) is 15.2 Å². The summed E-state index contributed by atoms with van der Waals surface area (Å²) in [5.41, 5.74) is 0. The number of esters is 1. The minimum absolute atomic E-state index is 0.128. The fourth-order valence-electron chi connectivity index (χ4n) is 1.18. The number of carbonyl (C=O) groups is 1. The number of aromatic hydroxyl groups is 1. The van der Waals surface area contributed by atoms with Gasteiger partial charge in [0.2, 0.25) is 0 Å². The highest BCUT2D eigenvalue weighted by molar-refractivity contribution is 7.20. The molecule has 2 rings (SSSR count). The number of rotatable bonds is 1. The molecule has 0 atom stereocenters. The minimum Gasteiger partial charge on any atom is -0.505 e. The number of carbonyl (C=O) groups excluding carboxylic acids is 1. The molecule has 0 amide bonds. The molecule has 0 aliphatic rings. The quantitative estimate of drug-likeness (QED) is 0.782. The molecule has 0 spiro atoms. The number of thiophene rings is 1. The minimum atomic E-state index is -0.577. The van der Waals surface area contributed by atoms with Crippen molar-refractivity contribution in [3.05, 3.63) is 22.2 Å². The van der Waals surface area contributed by atoms with Gasteiger partial charge in [-0.1, -0.05) is 11.6 Å². The number of fused-ring (bicyclic) bond motifs is 1. The largest absolute Gasteiger partial charge is 0.505 e. The smallest absolute Gasteiger partial charge is 0.351 e. The van der Waals surface area contributed by atoms with E-state index in [-0.39, 0.29) is 10.6 Å². The van der Waals surface area contributed by atoms with Crippen molar-refractivity contribution in [2.45, 2.75) is 0 Å². The molecule has 78 valence electrons. The van der Waals surface area contributed by atoms with E-state index in [1.54, 1.807) is 6.07 Å². The second-order valence-corrected chi connectivity index (χ2v) is 4.21. The lowest BCUT2D eigenvalue weighted by Crippen LogP contribution is -1.97. The number of ether oxygens (including phenoxy) is 1. The third-order valence-electron chi connectivity index (χ3n) is 1.86.